The van der Waals surface area contributed by atoms with E-state index in [2.05, 4.69) is 18.7 Å². The van der Waals surface area contributed by atoms with Gasteiger partial charge in [-0.25, -0.2) is 0 Å². The molecule has 0 atom stereocenters. The molecule has 0 aromatic carbocycles. The number of nitrogens with zero attached hydrogens (tertiary/aromatic N) is 1. The Labute approximate surface area is 132 Å². The van der Waals surface area contributed by atoms with Gasteiger partial charge in [0, 0.05) is 13.1 Å². The van der Waals surface area contributed by atoms with Gasteiger partial charge >= 0.3 is 0 Å². The van der Waals surface area contributed by atoms with E-state index in [1.165, 1.54) is 77.0 Å². The van der Waals surface area contributed by atoms with Crippen LogP contribution >= 0.6 is 12.2 Å². The number of rotatable bonds is 14. The Balaban J connectivity index is 3.53. The predicted octanol–water partition coefficient (Wildman–Crippen LogP) is 5.25. The van der Waals surface area contributed by atoms with Crippen LogP contribution in [0.4, 0.5) is 0 Å². The van der Waals surface area contributed by atoms with Crippen LogP contribution in [0.2, 0.25) is 0 Å². The first-order valence-corrected chi connectivity index (χ1v) is 9.17. The van der Waals surface area contributed by atoms with E-state index < -0.39 is 0 Å². The third-order valence-electron chi connectivity index (χ3n) is 3.87. The van der Waals surface area contributed by atoms with E-state index in [9.17, 15) is 0 Å². The fourth-order valence-electron chi connectivity index (χ4n) is 2.50. The molecule has 0 unspecified atom stereocenters. The lowest BCUT2D eigenvalue weighted by Crippen LogP contribution is -2.37. The van der Waals surface area contributed by atoms with Gasteiger partial charge in [-0.3, -0.25) is 0 Å². The summed E-state index contributed by atoms with van der Waals surface area (Å²) in [5, 5.41) is 0.590. The second-order valence-electron chi connectivity index (χ2n) is 5.86. The van der Waals surface area contributed by atoms with Gasteiger partial charge in [0.2, 0.25) is 0 Å². The third-order valence-corrected chi connectivity index (χ3v) is 4.13. The van der Waals surface area contributed by atoms with Crippen LogP contribution in [0.15, 0.2) is 0 Å². The van der Waals surface area contributed by atoms with Crippen molar-refractivity contribution >= 4 is 17.3 Å². The van der Waals surface area contributed by atoms with E-state index in [0.29, 0.717) is 5.11 Å². The highest BCUT2D eigenvalue weighted by molar-refractivity contribution is 7.80. The lowest BCUT2D eigenvalue weighted by molar-refractivity contribution is 0.386. The minimum atomic E-state index is 0.590. The fraction of sp³-hybridized carbons (Fsp3) is 0.941. The molecular weight excluding hydrogens is 264 g/mol. The van der Waals surface area contributed by atoms with Gasteiger partial charge < -0.3 is 10.6 Å². The quantitative estimate of drug-likeness (QED) is 0.351. The summed E-state index contributed by atoms with van der Waals surface area (Å²) in [6.45, 7) is 6.62. The van der Waals surface area contributed by atoms with Crippen molar-refractivity contribution in [1.82, 2.24) is 4.90 Å². The smallest absolute Gasteiger partial charge is 0.166 e. The predicted molar refractivity (Wildman–Crippen MR) is 95.1 cm³/mol. The van der Waals surface area contributed by atoms with E-state index in [0.717, 1.165) is 13.1 Å². The topological polar surface area (TPSA) is 29.3 Å². The van der Waals surface area contributed by atoms with Crippen molar-refractivity contribution in [3.05, 3.63) is 0 Å². The summed E-state index contributed by atoms with van der Waals surface area (Å²) in [5.74, 6) is 0. The zero-order valence-corrected chi connectivity index (χ0v) is 14.6. The van der Waals surface area contributed by atoms with Gasteiger partial charge in [-0.15, -0.1) is 0 Å². The first-order valence-electron chi connectivity index (χ1n) is 8.76. The van der Waals surface area contributed by atoms with E-state index in [-0.39, 0.29) is 0 Å². The molecule has 0 rings (SSSR count). The molecule has 120 valence electrons. The molecule has 2 N–H and O–H groups in total. The second kappa shape index (κ2) is 15.1. The van der Waals surface area contributed by atoms with Crippen molar-refractivity contribution in [3.8, 4) is 0 Å². The Kier molecular flexibility index (Phi) is 14.9. The molecule has 0 saturated heterocycles. The molecule has 0 aliphatic rings. The van der Waals surface area contributed by atoms with Crippen LogP contribution in [0.1, 0.15) is 90.9 Å². The van der Waals surface area contributed by atoms with Crippen LogP contribution in [-0.4, -0.2) is 23.1 Å². The molecule has 0 aliphatic carbocycles. The lowest BCUT2D eigenvalue weighted by Gasteiger charge is -2.22. The number of hydrogen-bond acceptors (Lipinski definition) is 1. The van der Waals surface area contributed by atoms with Gasteiger partial charge in [-0.1, -0.05) is 78.1 Å². The molecule has 0 radical (unpaired) electrons. The standard InChI is InChI=1S/C17H36N2S/c1-3-5-7-9-11-13-15-19(17(18)20)16-14-12-10-8-6-4-2/h3-16H2,1-2H3,(H2,18,20). The Morgan fingerprint density at radius 1 is 0.700 bits per heavy atom. The Hall–Kier alpha value is -0.310. The van der Waals surface area contributed by atoms with Crippen molar-refractivity contribution in [2.75, 3.05) is 13.1 Å². The highest BCUT2D eigenvalue weighted by Gasteiger charge is 2.05. The Morgan fingerprint density at radius 3 is 1.40 bits per heavy atom. The van der Waals surface area contributed by atoms with Crippen LogP contribution < -0.4 is 5.73 Å². The van der Waals surface area contributed by atoms with Gasteiger partial charge in [-0.2, -0.15) is 0 Å². The van der Waals surface area contributed by atoms with E-state index in [4.69, 9.17) is 18.0 Å². The summed E-state index contributed by atoms with van der Waals surface area (Å²) in [5.41, 5.74) is 5.82. The molecule has 0 saturated carbocycles. The summed E-state index contributed by atoms with van der Waals surface area (Å²) in [4.78, 5) is 2.20. The highest BCUT2D eigenvalue weighted by Crippen LogP contribution is 2.08. The lowest BCUT2D eigenvalue weighted by atomic mass is 10.1. The molecule has 2 nitrogen and oxygen atoms in total. The average Bonchev–Trinajstić information content (AvgIpc) is 2.43. The van der Waals surface area contributed by atoms with E-state index in [1.807, 2.05) is 0 Å². The maximum Gasteiger partial charge on any atom is 0.166 e. The first-order chi connectivity index (χ1) is 9.72. The summed E-state index contributed by atoms with van der Waals surface area (Å²) >= 11 is 5.16. The Bertz CT molecular complexity index is 203. The molecule has 0 aromatic heterocycles. The highest BCUT2D eigenvalue weighted by atomic mass is 32.1. The summed E-state index contributed by atoms with van der Waals surface area (Å²) in [6, 6.07) is 0. The number of unbranched alkanes of at least 4 members (excludes halogenated alkanes) is 10. The molecule has 0 amide bonds. The molecule has 3 heteroatoms. The SMILES string of the molecule is CCCCCCCCN(CCCCCCCC)C(N)=S. The van der Waals surface area contributed by atoms with Crippen LogP contribution in [0.3, 0.4) is 0 Å². The second-order valence-corrected chi connectivity index (χ2v) is 6.28. The largest absolute Gasteiger partial charge is 0.376 e. The average molecular weight is 301 g/mol. The fourth-order valence-corrected chi connectivity index (χ4v) is 2.68. The van der Waals surface area contributed by atoms with E-state index in [1.54, 1.807) is 0 Å². The van der Waals surface area contributed by atoms with Crippen molar-refractivity contribution in [2.45, 2.75) is 90.9 Å². The zero-order valence-electron chi connectivity index (χ0n) is 13.8. The van der Waals surface area contributed by atoms with Crippen molar-refractivity contribution < 1.29 is 0 Å². The van der Waals surface area contributed by atoms with Gasteiger partial charge in [0.15, 0.2) is 5.11 Å². The molecule has 0 spiro atoms. The van der Waals surface area contributed by atoms with Crippen molar-refractivity contribution in [1.29, 1.82) is 0 Å². The van der Waals surface area contributed by atoms with Gasteiger partial charge in [0.25, 0.3) is 0 Å². The molecular formula is C17H36N2S. The van der Waals surface area contributed by atoms with Crippen molar-refractivity contribution in [2.24, 2.45) is 5.73 Å². The number of hydrogen-bond donors (Lipinski definition) is 1. The minimum absolute atomic E-state index is 0.590. The van der Waals surface area contributed by atoms with Crippen molar-refractivity contribution in [3.63, 3.8) is 0 Å². The zero-order chi connectivity index (χ0) is 15.1. The normalized spacial score (nSPS) is 10.7. The van der Waals surface area contributed by atoms with Crippen LogP contribution in [0.5, 0.6) is 0 Å². The Morgan fingerprint density at radius 2 is 1.05 bits per heavy atom. The maximum atomic E-state index is 5.82. The molecule has 0 heterocycles. The van der Waals surface area contributed by atoms with Gasteiger partial charge in [0.05, 0.1) is 0 Å². The third kappa shape index (κ3) is 12.7. The number of nitrogens with two attached hydrogens (primary N) is 1. The molecule has 0 bridgehead atoms. The van der Waals surface area contributed by atoms with Gasteiger partial charge in [0.1, 0.15) is 0 Å². The molecule has 0 aromatic rings. The van der Waals surface area contributed by atoms with Crippen LogP contribution in [-0.2, 0) is 0 Å². The molecule has 0 aliphatic heterocycles. The summed E-state index contributed by atoms with van der Waals surface area (Å²) < 4.78 is 0. The first kappa shape index (κ1) is 19.7. The molecule has 20 heavy (non-hydrogen) atoms. The monoisotopic (exact) mass is 300 g/mol. The number of thiocarbonyl (C=S) groups is 1. The van der Waals surface area contributed by atoms with E-state index >= 15 is 0 Å². The minimum Gasteiger partial charge on any atom is -0.376 e. The van der Waals surface area contributed by atoms with Crippen LogP contribution in [0.25, 0.3) is 0 Å². The maximum absolute atomic E-state index is 5.82. The summed E-state index contributed by atoms with van der Waals surface area (Å²) in [7, 11) is 0. The summed E-state index contributed by atoms with van der Waals surface area (Å²) in [6.07, 6.45) is 15.9. The molecule has 0 fully saturated rings. The van der Waals surface area contributed by atoms with Gasteiger partial charge in [-0.05, 0) is 25.1 Å². The van der Waals surface area contributed by atoms with Crippen LogP contribution in [0, 0.1) is 0 Å².